The van der Waals surface area contributed by atoms with Crippen LogP contribution in [0.5, 0.6) is 0 Å². The van der Waals surface area contributed by atoms with E-state index in [4.69, 9.17) is 22.1 Å². The second-order valence-electron chi connectivity index (χ2n) is 13.8. The first-order valence-electron chi connectivity index (χ1n) is 16.9. The van der Waals surface area contributed by atoms with Crippen LogP contribution in [0.15, 0.2) is 66.2 Å². The van der Waals surface area contributed by atoms with Crippen molar-refractivity contribution in [3.05, 3.63) is 83.2 Å². The van der Waals surface area contributed by atoms with Gasteiger partial charge in [-0.3, -0.25) is 14.7 Å². The molecule has 0 bridgehead atoms. The Balaban J connectivity index is 1.60. The number of alkyl carbamates (subject to hydrolysis) is 1. The highest BCUT2D eigenvalue weighted by atomic mass is 35.5. The Kier molecular flexibility index (Phi) is 12.2. The molecule has 0 aliphatic heterocycles. The van der Waals surface area contributed by atoms with Crippen molar-refractivity contribution in [2.75, 3.05) is 19.4 Å². The average Bonchev–Trinajstić information content (AvgIpc) is 3.50. The van der Waals surface area contributed by atoms with Gasteiger partial charge >= 0.3 is 18.4 Å². The van der Waals surface area contributed by atoms with E-state index < -0.39 is 102 Å². The van der Waals surface area contributed by atoms with E-state index in [-0.39, 0.29) is 21.8 Å². The molecule has 3 N–H and O–H groups in total. The van der Waals surface area contributed by atoms with E-state index in [0.29, 0.717) is 24.8 Å². The standard InChI is InChI=1S/C34H34ClF8N9O5S/c1-31(2,33(38,39)40)12-13-45-29(44)51(28(53)20-6-4-19(5-7-20)22-15-47-50(16-22)58(3,55)56)25(17-57-30(54)49-32(10-11-32)34(41,42)43)21-8-9-23(35)24(14-21)52-27(26(36)37)46-18-48-52/h4-9,14-16,18,25-26H,10-13,17H2,1-3H3,(H2,44,45)(H,49,54)/t25-/m1/s1. The summed E-state index contributed by atoms with van der Waals surface area (Å²) in [5.74, 6) is -2.60. The molecule has 2 amide bonds. The molecule has 1 aliphatic rings. The topological polar surface area (TPSA) is 180 Å². The summed E-state index contributed by atoms with van der Waals surface area (Å²) < 4.78 is 140. The van der Waals surface area contributed by atoms with E-state index in [1.54, 1.807) is 5.32 Å². The Morgan fingerprint density at radius 2 is 1.71 bits per heavy atom. The third-order valence-corrected chi connectivity index (χ3v) is 10.5. The number of nitrogens with two attached hydrogens (primary N) is 1. The van der Waals surface area contributed by atoms with Crippen LogP contribution in [0.1, 0.15) is 67.3 Å². The molecule has 1 saturated carbocycles. The zero-order chi connectivity index (χ0) is 43.0. The van der Waals surface area contributed by atoms with E-state index in [2.05, 4.69) is 20.2 Å². The first kappa shape index (κ1) is 43.8. The highest BCUT2D eigenvalue weighted by Gasteiger charge is 2.64. The Labute approximate surface area is 330 Å². The molecule has 2 aromatic carbocycles. The number of amides is 2. The largest absolute Gasteiger partial charge is 0.447 e. The van der Waals surface area contributed by atoms with Crippen molar-refractivity contribution in [2.45, 2.75) is 63.5 Å². The molecular formula is C34H34ClF8N9O5S. The Hall–Kier alpha value is -5.32. The summed E-state index contributed by atoms with van der Waals surface area (Å²) in [7, 11) is -3.74. The number of halogens is 9. The number of rotatable bonds is 13. The summed E-state index contributed by atoms with van der Waals surface area (Å²) in [6.07, 6.45) is -11.5. The Bertz CT molecular complexity index is 2290. The van der Waals surface area contributed by atoms with E-state index in [0.717, 1.165) is 32.5 Å². The first-order valence-corrected chi connectivity index (χ1v) is 19.1. The molecule has 4 aromatic rings. The minimum Gasteiger partial charge on any atom is -0.447 e. The molecule has 14 nitrogen and oxygen atoms in total. The molecule has 0 unspecified atom stereocenters. The summed E-state index contributed by atoms with van der Waals surface area (Å²) in [5, 5.41) is 9.18. The number of ether oxygens (including phenoxy) is 1. The van der Waals surface area contributed by atoms with Gasteiger partial charge in [0, 0.05) is 17.7 Å². The van der Waals surface area contributed by atoms with Crippen molar-refractivity contribution < 1.29 is 57.9 Å². The predicted octanol–water partition coefficient (Wildman–Crippen LogP) is 6.83. The molecule has 314 valence electrons. The maximum atomic E-state index is 14.5. The molecule has 0 radical (unpaired) electrons. The number of hydrogen-bond donors (Lipinski definition) is 2. The fraction of sp³-hybridized carbons (Fsp3) is 0.412. The summed E-state index contributed by atoms with van der Waals surface area (Å²) in [4.78, 5) is 35.6. The van der Waals surface area contributed by atoms with E-state index in [9.17, 15) is 53.1 Å². The number of nitrogens with one attached hydrogen (secondary N) is 1. The Morgan fingerprint density at radius 1 is 1.05 bits per heavy atom. The minimum atomic E-state index is -4.84. The predicted molar refractivity (Wildman–Crippen MR) is 192 cm³/mol. The maximum absolute atomic E-state index is 14.5. The summed E-state index contributed by atoms with van der Waals surface area (Å²) in [6.45, 7) is 0.256. The fourth-order valence-electron chi connectivity index (χ4n) is 5.45. The van der Waals surface area contributed by atoms with Crippen LogP contribution < -0.4 is 11.1 Å². The van der Waals surface area contributed by atoms with Crippen molar-refractivity contribution in [3.63, 3.8) is 0 Å². The first-order chi connectivity index (χ1) is 26.8. The quantitative estimate of drug-likeness (QED) is 0.0828. The maximum Gasteiger partial charge on any atom is 0.411 e. The molecule has 58 heavy (non-hydrogen) atoms. The summed E-state index contributed by atoms with van der Waals surface area (Å²) in [5.41, 5.74) is 1.73. The van der Waals surface area contributed by atoms with Gasteiger partial charge in [-0.25, -0.2) is 31.7 Å². The van der Waals surface area contributed by atoms with Gasteiger partial charge in [-0.2, -0.15) is 40.6 Å². The van der Waals surface area contributed by atoms with Gasteiger partial charge in [-0.15, -0.1) is 0 Å². The average molecular weight is 868 g/mol. The smallest absolute Gasteiger partial charge is 0.411 e. The molecule has 1 aliphatic carbocycles. The SMILES string of the molecule is CC(C)(CCN=C(N)N(C(=O)c1ccc(-c2cnn(S(C)(=O)=O)c2)cc1)[C@H](COC(=O)NC1(C(F)(F)F)CC1)c1ccc(Cl)c(-n2ncnc2C(F)F)c1)C(F)(F)F. The molecule has 5 rings (SSSR count). The van der Waals surface area contributed by atoms with Crippen molar-refractivity contribution in [3.8, 4) is 16.8 Å². The molecule has 1 atom stereocenters. The van der Waals surface area contributed by atoms with Crippen LogP contribution >= 0.6 is 11.6 Å². The van der Waals surface area contributed by atoms with Gasteiger partial charge in [-0.05, 0) is 54.7 Å². The van der Waals surface area contributed by atoms with Crippen molar-refractivity contribution >= 4 is 39.6 Å². The van der Waals surface area contributed by atoms with Crippen LogP contribution in [0.4, 0.5) is 39.9 Å². The zero-order valence-electron chi connectivity index (χ0n) is 30.5. The van der Waals surface area contributed by atoms with Gasteiger partial charge in [-0.1, -0.05) is 43.6 Å². The van der Waals surface area contributed by atoms with Crippen LogP contribution in [-0.2, 0) is 14.8 Å². The second kappa shape index (κ2) is 16.1. The van der Waals surface area contributed by atoms with Crippen molar-refractivity contribution in [1.29, 1.82) is 0 Å². The molecule has 2 aromatic heterocycles. The Morgan fingerprint density at radius 3 is 2.26 bits per heavy atom. The van der Waals surface area contributed by atoms with Crippen molar-refractivity contribution in [1.82, 2.24) is 34.2 Å². The molecule has 0 spiro atoms. The monoisotopic (exact) mass is 867 g/mol. The summed E-state index contributed by atoms with van der Waals surface area (Å²) in [6, 6.07) is 7.24. The summed E-state index contributed by atoms with van der Waals surface area (Å²) >= 11 is 6.36. The third kappa shape index (κ3) is 9.51. The van der Waals surface area contributed by atoms with Gasteiger partial charge in [0.15, 0.2) is 11.8 Å². The highest BCUT2D eigenvalue weighted by Crippen LogP contribution is 2.49. The van der Waals surface area contributed by atoms with Crippen LogP contribution in [0.3, 0.4) is 0 Å². The lowest BCUT2D eigenvalue weighted by molar-refractivity contribution is -0.212. The van der Waals surface area contributed by atoms with Crippen molar-refractivity contribution in [2.24, 2.45) is 16.1 Å². The number of alkyl halides is 8. The number of guanidine groups is 1. The lowest BCUT2D eigenvalue weighted by atomic mass is 9.89. The lowest BCUT2D eigenvalue weighted by Crippen LogP contribution is -2.49. The van der Waals surface area contributed by atoms with Crippen LogP contribution in [0, 0.1) is 5.41 Å². The number of carbonyl (C=O) groups is 2. The zero-order valence-corrected chi connectivity index (χ0v) is 32.1. The molecule has 24 heteroatoms. The number of aromatic nitrogens is 5. The van der Waals surface area contributed by atoms with E-state index in [1.807, 2.05) is 0 Å². The molecule has 2 heterocycles. The van der Waals surface area contributed by atoms with Gasteiger partial charge < -0.3 is 15.8 Å². The van der Waals surface area contributed by atoms with E-state index in [1.165, 1.54) is 48.8 Å². The second-order valence-corrected chi connectivity index (χ2v) is 16.1. The number of aliphatic imine (C=N–C) groups is 1. The number of benzene rings is 2. The van der Waals surface area contributed by atoms with Gasteiger partial charge in [0.05, 0.1) is 40.8 Å². The number of carbonyl (C=O) groups excluding carboxylic acids is 2. The van der Waals surface area contributed by atoms with Crippen LogP contribution in [-0.4, -0.2) is 92.5 Å². The molecular weight excluding hydrogens is 834 g/mol. The fourth-order valence-corrected chi connectivity index (χ4v) is 6.17. The number of nitrogens with zero attached hydrogens (tertiary/aromatic N) is 7. The van der Waals surface area contributed by atoms with Gasteiger partial charge in [0.25, 0.3) is 22.4 Å². The lowest BCUT2D eigenvalue weighted by Gasteiger charge is -2.32. The molecule has 0 saturated heterocycles. The highest BCUT2D eigenvalue weighted by molar-refractivity contribution is 7.89. The minimum absolute atomic E-state index is 0.0909. The van der Waals surface area contributed by atoms with Crippen LogP contribution in [0.25, 0.3) is 16.8 Å². The van der Waals surface area contributed by atoms with E-state index >= 15 is 0 Å². The third-order valence-electron chi connectivity index (χ3n) is 9.28. The van der Waals surface area contributed by atoms with Gasteiger partial charge in [0.1, 0.15) is 18.5 Å². The van der Waals surface area contributed by atoms with Gasteiger partial charge in [0.2, 0.25) is 0 Å². The normalized spacial score (nSPS) is 15.3. The number of hydrogen-bond acceptors (Lipinski definition) is 9. The van der Waals surface area contributed by atoms with Crippen LogP contribution in [0.2, 0.25) is 5.02 Å². The molecule has 1 fully saturated rings.